The summed E-state index contributed by atoms with van der Waals surface area (Å²) >= 11 is 0. The molecule has 0 heterocycles. The number of aliphatic hydroxyl groups is 2. The number of aliphatic hydroxyl groups excluding tert-OH is 2. The molecule has 0 bridgehead atoms. The number of hydrogen-bond donors (Lipinski definition) is 4. The Morgan fingerprint density at radius 1 is 1.19 bits per heavy atom. The summed E-state index contributed by atoms with van der Waals surface area (Å²) in [4.78, 5) is 23.9. The Labute approximate surface area is 94.4 Å². The van der Waals surface area contributed by atoms with Gasteiger partial charge in [0.25, 0.3) is 0 Å². The van der Waals surface area contributed by atoms with Gasteiger partial charge in [0.15, 0.2) is 0 Å². The van der Waals surface area contributed by atoms with Crippen LogP contribution in [0.1, 0.15) is 6.92 Å². The molecule has 0 atom stereocenters. The van der Waals surface area contributed by atoms with Crippen molar-refractivity contribution in [3.8, 4) is 0 Å². The fourth-order valence-electron chi connectivity index (χ4n) is 1.13. The number of urea groups is 1. The number of carbonyl (C=O) groups is 2. The molecule has 0 rings (SSSR count). The van der Waals surface area contributed by atoms with Gasteiger partial charge in [-0.1, -0.05) is 0 Å². The molecule has 0 aliphatic heterocycles. The molecule has 0 aromatic rings. The maximum Gasteiger partial charge on any atom is 0.321 e. The van der Waals surface area contributed by atoms with Gasteiger partial charge in [0.2, 0.25) is 5.91 Å². The largest absolute Gasteiger partial charge is 0.395 e. The second kappa shape index (κ2) is 9.08. The molecule has 16 heavy (non-hydrogen) atoms. The highest BCUT2D eigenvalue weighted by Crippen LogP contribution is 1.86. The van der Waals surface area contributed by atoms with Crippen LogP contribution in [0.5, 0.6) is 0 Å². The summed E-state index contributed by atoms with van der Waals surface area (Å²) in [6.07, 6.45) is 0. The van der Waals surface area contributed by atoms with Crippen molar-refractivity contribution in [1.82, 2.24) is 15.5 Å². The zero-order chi connectivity index (χ0) is 12.4. The van der Waals surface area contributed by atoms with Crippen LogP contribution in [0, 0.1) is 0 Å². The van der Waals surface area contributed by atoms with Crippen LogP contribution in [0.15, 0.2) is 0 Å². The standard InChI is InChI=1S/C9H19N3O4/c1-2-10-9(16)11-8(15)7-12(3-5-13)4-6-14/h13-14H,2-7H2,1H3,(H2,10,11,15,16). The van der Waals surface area contributed by atoms with E-state index in [0.717, 1.165) is 0 Å². The number of imide groups is 1. The van der Waals surface area contributed by atoms with E-state index in [2.05, 4.69) is 10.6 Å². The molecular weight excluding hydrogens is 214 g/mol. The summed E-state index contributed by atoms with van der Waals surface area (Å²) in [7, 11) is 0. The predicted octanol–water partition coefficient (Wildman–Crippen LogP) is -1.88. The first-order chi connectivity index (χ1) is 7.63. The molecule has 0 aliphatic rings. The fourth-order valence-corrected chi connectivity index (χ4v) is 1.13. The Bertz CT molecular complexity index is 217. The molecule has 0 spiro atoms. The number of carbonyl (C=O) groups excluding carboxylic acids is 2. The minimum atomic E-state index is -0.541. The van der Waals surface area contributed by atoms with Crippen LogP contribution in [0.2, 0.25) is 0 Å². The maximum absolute atomic E-state index is 11.3. The van der Waals surface area contributed by atoms with Gasteiger partial charge >= 0.3 is 6.03 Å². The monoisotopic (exact) mass is 233 g/mol. The lowest BCUT2D eigenvalue weighted by Crippen LogP contribution is -2.45. The third-order valence-electron chi connectivity index (χ3n) is 1.79. The Morgan fingerprint density at radius 2 is 1.75 bits per heavy atom. The van der Waals surface area contributed by atoms with E-state index in [1.54, 1.807) is 11.8 Å². The average molecular weight is 233 g/mol. The van der Waals surface area contributed by atoms with E-state index < -0.39 is 11.9 Å². The highest BCUT2D eigenvalue weighted by molar-refractivity contribution is 5.95. The van der Waals surface area contributed by atoms with E-state index >= 15 is 0 Å². The van der Waals surface area contributed by atoms with E-state index in [0.29, 0.717) is 6.54 Å². The van der Waals surface area contributed by atoms with E-state index in [4.69, 9.17) is 10.2 Å². The van der Waals surface area contributed by atoms with Crippen LogP contribution in [0.3, 0.4) is 0 Å². The van der Waals surface area contributed by atoms with Crippen molar-refractivity contribution >= 4 is 11.9 Å². The summed E-state index contributed by atoms with van der Waals surface area (Å²) in [5, 5.41) is 22.0. The van der Waals surface area contributed by atoms with Gasteiger partial charge in [0.05, 0.1) is 19.8 Å². The maximum atomic E-state index is 11.3. The molecule has 0 saturated heterocycles. The van der Waals surface area contributed by atoms with Gasteiger partial charge in [-0.3, -0.25) is 15.0 Å². The smallest absolute Gasteiger partial charge is 0.321 e. The number of nitrogens with one attached hydrogen (secondary N) is 2. The van der Waals surface area contributed by atoms with Crippen molar-refractivity contribution in [2.24, 2.45) is 0 Å². The van der Waals surface area contributed by atoms with Gasteiger partial charge in [-0.05, 0) is 6.92 Å². The van der Waals surface area contributed by atoms with Crippen molar-refractivity contribution in [2.45, 2.75) is 6.92 Å². The Kier molecular flexibility index (Phi) is 8.41. The van der Waals surface area contributed by atoms with Crippen molar-refractivity contribution in [3.63, 3.8) is 0 Å². The quantitative estimate of drug-likeness (QED) is 0.412. The second-order valence-corrected chi connectivity index (χ2v) is 3.13. The first kappa shape index (κ1) is 14.8. The van der Waals surface area contributed by atoms with Crippen molar-refractivity contribution in [3.05, 3.63) is 0 Å². The second-order valence-electron chi connectivity index (χ2n) is 3.13. The van der Waals surface area contributed by atoms with E-state index in [-0.39, 0.29) is 32.8 Å². The van der Waals surface area contributed by atoms with Gasteiger partial charge in [-0.15, -0.1) is 0 Å². The zero-order valence-electron chi connectivity index (χ0n) is 9.40. The SMILES string of the molecule is CCNC(=O)NC(=O)CN(CCO)CCO. The Morgan fingerprint density at radius 3 is 2.19 bits per heavy atom. The van der Waals surface area contributed by atoms with Gasteiger partial charge in [0, 0.05) is 19.6 Å². The minimum absolute atomic E-state index is 0.0295. The molecule has 7 nitrogen and oxygen atoms in total. The van der Waals surface area contributed by atoms with Gasteiger partial charge in [0.1, 0.15) is 0 Å². The molecule has 4 N–H and O–H groups in total. The molecule has 0 aliphatic carbocycles. The summed E-state index contributed by atoms with van der Waals surface area (Å²) in [5.74, 6) is -0.465. The number of amides is 3. The summed E-state index contributed by atoms with van der Waals surface area (Å²) in [6.45, 7) is 2.51. The highest BCUT2D eigenvalue weighted by atomic mass is 16.3. The van der Waals surface area contributed by atoms with Crippen LogP contribution >= 0.6 is 0 Å². The molecular formula is C9H19N3O4. The highest BCUT2D eigenvalue weighted by Gasteiger charge is 2.11. The number of nitrogens with zero attached hydrogens (tertiary/aromatic N) is 1. The molecule has 0 aromatic heterocycles. The summed E-state index contributed by atoms with van der Waals surface area (Å²) < 4.78 is 0. The molecule has 0 aromatic carbocycles. The molecule has 0 unspecified atom stereocenters. The number of hydrogen-bond acceptors (Lipinski definition) is 5. The number of rotatable bonds is 7. The van der Waals surface area contributed by atoms with Crippen LogP contribution < -0.4 is 10.6 Å². The molecule has 94 valence electrons. The third-order valence-corrected chi connectivity index (χ3v) is 1.79. The molecule has 7 heteroatoms. The van der Waals surface area contributed by atoms with E-state index in [9.17, 15) is 9.59 Å². The summed E-state index contributed by atoms with van der Waals surface area (Å²) in [5.41, 5.74) is 0. The fraction of sp³-hybridized carbons (Fsp3) is 0.778. The van der Waals surface area contributed by atoms with Crippen LogP contribution in [-0.4, -0.2) is 66.4 Å². The topological polar surface area (TPSA) is 102 Å². The lowest BCUT2D eigenvalue weighted by molar-refractivity contribution is -0.121. The van der Waals surface area contributed by atoms with Crippen molar-refractivity contribution in [2.75, 3.05) is 39.4 Å². The minimum Gasteiger partial charge on any atom is -0.395 e. The molecule has 3 amide bonds. The zero-order valence-corrected chi connectivity index (χ0v) is 9.40. The van der Waals surface area contributed by atoms with Crippen LogP contribution in [-0.2, 0) is 4.79 Å². The first-order valence-electron chi connectivity index (χ1n) is 5.15. The normalized spacial score (nSPS) is 10.2. The third kappa shape index (κ3) is 7.16. The average Bonchev–Trinajstić information content (AvgIpc) is 2.18. The molecule has 0 saturated carbocycles. The lowest BCUT2D eigenvalue weighted by atomic mass is 10.4. The predicted molar refractivity (Wildman–Crippen MR) is 57.8 cm³/mol. The van der Waals surface area contributed by atoms with Crippen molar-refractivity contribution in [1.29, 1.82) is 0 Å². The summed E-state index contributed by atoms with van der Waals surface area (Å²) in [6, 6.07) is -0.541. The molecule has 0 radical (unpaired) electrons. The Hall–Kier alpha value is -1.18. The van der Waals surface area contributed by atoms with Gasteiger partial charge in [-0.25, -0.2) is 4.79 Å². The van der Waals surface area contributed by atoms with E-state index in [1.165, 1.54) is 0 Å². The lowest BCUT2D eigenvalue weighted by Gasteiger charge is -2.18. The van der Waals surface area contributed by atoms with Crippen LogP contribution in [0.4, 0.5) is 4.79 Å². The molecule has 0 fully saturated rings. The van der Waals surface area contributed by atoms with E-state index in [1.807, 2.05) is 0 Å². The van der Waals surface area contributed by atoms with Crippen LogP contribution in [0.25, 0.3) is 0 Å². The first-order valence-corrected chi connectivity index (χ1v) is 5.15. The van der Waals surface area contributed by atoms with Gasteiger partial charge in [-0.2, -0.15) is 0 Å². The Balaban J connectivity index is 3.93. The van der Waals surface area contributed by atoms with Gasteiger partial charge < -0.3 is 15.5 Å². The van der Waals surface area contributed by atoms with Crippen molar-refractivity contribution < 1.29 is 19.8 Å².